The van der Waals surface area contributed by atoms with Gasteiger partial charge in [-0.1, -0.05) is 22.4 Å². The van der Waals surface area contributed by atoms with Gasteiger partial charge in [-0.05, 0) is 31.6 Å². The summed E-state index contributed by atoms with van der Waals surface area (Å²) in [5.74, 6) is 1.53. The van der Waals surface area contributed by atoms with Gasteiger partial charge in [0.05, 0.1) is 13.2 Å². The number of amides is 2. The Kier molecular flexibility index (Phi) is 4.07. The molecule has 0 N–H and O–H groups in total. The molecule has 1 saturated carbocycles. The summed E-state index contributed by atoms with van der Waals surface area (Å²) in [7, 11) is 0. The highest BCUT2D eigenvalue weighted by Crippen LogP contribution is 2.43. The maximum atomic E-state index is 11.2. The van der Waals surface area contributed by atoms with Crippen molar-refractivity contribution in [3.63, 3.8) is 0 Å². The van der Waals surface area contributed by atoms with Crippen molar-refractivity contribution in [3.8, 4) is 0 Å². The summed E-state index contributed by atoms with van der Waals surface area (Å²) in [4.78, 5) is 22.0. The molecule has 0 heterocycles. The Hall–Kier alpha value is -1.72. The molecule has 98 valence electrons. The Labute approximate surface area is 105 Å². The first-order valence-electron chi connectivity index (χ1n) is 6.12. The van der Waals surface area contributed by atoms with Crippen LogP contribution in [0, 0.1) is 17.8 Å². The summed E-state index contributed by atoms with van der Waals surface area (Å²) in [6, 6.07) is 0. The lowest BCUT2D eigenvalue weighted by Gasteiger charge is -2.16. The smallest absolute Gasteiger partial charge is 0.447 e. The van der Waals surface area contributed by atoms with E-state index in [0.717, 1.165) is 12.8 Å². The van der Waals surface area contributed by atoms with E-state index in [1.165, 1.54) is 0 Å². The van der Waals surface area contributed by atoms with Gasteiger partial charge in [0, 0.05) is 5.92 Å². The minimum absolute atomic E-state index is 0.199. The van der Waals surface area contributed by atoms with Crippen molar-refractivity contribution in [1.82, 2.24) is 0 Å². The lowest BCUT2D eigenvalue weighted by Crippen LogP contribution is -2.16. The third kappa shape index (κ3) is 3.15. The minimum Gasteiger partial charge on any atom is -0.447 e. The van der Waals surface area contributed by atoms with Crippen molar-refractivity contribution >= 4 is 12.2 Å². The summed E-state index contributed by atoms with van der Waals surface area (Å²) in [5, 5.41) is 6.22. The minimum atomic E-state index is -0.877. The number of allylic oxidation sites excluding steroid dienone is 2. The van der Waals surface area contributed by atoms with Gasteiger partial charge in [0.25, 0.3) is 0 Å². The number of carbonyl (C=O) groups is 2. The fourth-order valence-corrected chi connectivity index (χ4v) is 2.53. The Morgan fingerprint density at radius 1 is 1.17 bits per heavy atom. The van der Waals surface area contributed by atoms with Crippen LogP contribution in [0.4, 0.5) is 9.59 Å². The number of rotatable bonds is 3. The molecule has 2 rings (SSSR count). The van der Waals surface area contributed by atoms with Crippen LogP contribution < -0.4 is 0 Å². The molecular weight excluding hydrogens is 236 g/mol. The molecular formula is C12H16N2O4. The highest BCUT2D eigenvalue weighted by Gasteiger charge is 2.36. The van der Waals surface area contributed by atoms with Crippen LogP contribution in [0.3, 0.4) is 0 Å². The van der Waals surface area contributed by atoms with E-state index in [4.69, 9.17) is 4.74 Å². The molecule has 6 heteroatoms. The van der Waals surface area contributed by atoms with Gasteiger partial charge in [-0.3, -0.25) is 0 Å². The summed E-state index contributed by atoms with van der Waals surface area (Å²) in [6.07, 6.45) is 4.92. The van der Waals surface area contributed by atoms with Gasteiger partial charge in [0.2, 0.25) is 0 Å². The second-order valence-corrected chi connectivity index (χ2v) is 4.52. The zero-order chi connectivity index (χ0) is 13.0. The van der Waals surface area contributed by atoms with E-state index < -0.39 is 12.2 Å². The summed E-state index contributed by atoms with van der Waals surface area (Å²) in [5.41, 5.74) is 0. The monoisotopic (exact) mass is 252 g/mol. The third-order valence-corrected chi connectivity index (χ3v) is 3.32. The van der Waals surface area contributed by atoms with Gasteiger partial charge in [0.15, 0.2) is 0 Å². The molecule has 3 atom stereocenters. The first-order chi connectivity index (χ1) is 8.69. The molecule has 0 saturated heterocycles. The van der Waals surface area contributed by atoms with Crippen molar-refractivity contribution in [2.75, 3.05) is 13.2 Å². The molecule has 1 fully saturated rings. The number of azo groups is 1. The van der Waals surface area contributed by atoms with Gasteiger partial charge in [-0.15, -0.1) is 0 Å². The van der Waals surface area contributed by atoms with E-state index in [1.54, 1.807) is 6.92 Å². The van der Waals surface area contributed by atoms with Crippen LogP contribution >= 0.6 is 0 Å². The molecule has 2 amide bonds. The zero-order valence-electron chi connectivity index (χ0n) is 10.2. The maximum absolute atomic E-state index is 11.2. The first-order valence-corrected chi connectivity index (χ1v) is 6.12. The molecule has 0 aliphatic heterocycles. The number of fused-ring (bicyclic) bond motifs is 2. The van der Waals surface area contributed by atoms with Crippen molar-refractivity contribution in [1.29, 1.82) is 0 Å². The lowest BCUT2D eigenvalue weighted by atomic mass is 9.95. The highest BCUT2D eigenvalue weighted by molar-refractivity contribution is 5.73. The Morgan fingerprint density at radius 3 is 2.44 bits per heavy atom. The predicted molar refractivity (Wildman–Crippen MR) is 62.1 cm³/mol. The molecule has 3 unspecified atom stereocenters. The van der Waals surface area contributed by atoms with Gasteiger partial charge < -0.3 is 9.47 Å². The second-order valence-electron chi connectivity index (χ2n) is 4.52. The fourth-order valence-electron chi connectivity index (χ4n) is 2.53. The molecule has 2 bridgehead atoms. The summed E-state index contributed by atoms with van der Waals surface area (Å²) >= 11 is 0. The van der Waals surface area contributed by atoms with Crippen molar-refractivity contribution in [2.45, 2.75) is 19.8 Å². The standard InChI is InChI=1S/C12H16N2O4/c1-2-17-11(15)13-14-12(16)18-7-10-6-8-3-4-9(10)5-8/h3-4,8-10H,2,5-7H2,1H3/b14-13+. The van der Waals surface area contributed by atoms with Crippen LogP contribution in [0.2, 0.25) is 0 Å². The quantitative estimate of drug-likeness (QED) is 0.571. The van der Waals surface area contributed by atoms with Crippen molar-refractivity contribution < 1.29 is 19.1 Å². The third-order valence-electron chi connectivity index (χ3n) is 3.32. The SMILES string of the molecule is CCOC(=O)/N=N/C(=O)OCC1CC2C=CC1C2. The average molecular weight is 252 g/mol. The van der Waals surface area contributed by atoms with Crippen LogP contribution in [-0.2, 0) is 9.47 Å². The van der Waals surface area contributed by atoms with Crippen LogP contribution in [-0.4, -0.2) is 25.4 Å². The number of ether oxygens (including phenoxy) is 2. The van der Waals surface area contributed by atoms with Gasteiger partial charge in [-0.25, -0.2) is 9.59 Å². The van der Waals surface area contributed by atoms with Crippen molar-refractivity contribution in [3.05, 3.63) is 12.2 Å². The molecule has 6 nitrogen and oxygen atoms in total. The van der Waals surface area contributed by atoms with Crippen LogP contribution in [0.5, 0.6) is 0 Å². The lowest BCUT2D eigenvalue weighted by molar-refractivity contribution is 0.126. The maximum Gasteiger partial charge on any atom is 0.452 e. The van der Waals surface area contributed by atoms with E-state index in [0.29, 0.717) is 24.4 Å². The fraction of sp³-hybridized carbons (Fsp3) is 0.667. The Balaban J connectivity index is 1.69. The zero-order valence-corrected chi connectivity index (χ0v) is 10.2. The van der Waals surface area contributed by atoms with Gasteiger partial charge in [0.1, 0.15) is 0 Å². The van der Waals surface area contributed by atoms with E-state index in [1.807, 2.05) is 0 Å². The molecule has 18 heavy (non-hydrogen) atoms. The number of nitrogens with zero attached hydrogens (tertiary/aromatic N) is 2. The predicted octanol–water partition coefficient (Wildman–Crippen LogP) is 2.94. The van der Waals surface area contributed by atoms with Crippen LogP contribution in [0.25, 0.3) is 0 Å². The Morgan fingerprint density at radius 2 is 1.89 bits per heavy atom. The molecule has 0 aromatic rings. The molecule has 0 aromatic heterocycles. The number of hydrogen-bond acceptors (Lipinski definition) is 4. The highest BCUT2D eigenvalue weighted by atomic mass is 16.6. The molecule has 0 aromatic carbocycles. The van der Waals surface area contributed by atoms with Crippen LogP contribution in [0.15, 0.2) is 22.4 Å². The first kappa shape index (κ1) is 12.7. The summed E-state index contributed by atoms with van der Waals surface area (Å²) in [6.45, 7) is 2.19. The van der Waals surface area contributed by atoms with Crippen LogP contribution in [0.1, 0.15) is 19.8 Å². The van der Waals surface area contributed by atoms with E-state index in [9.17, 15) is 9.59 Å². The molecule has 2 aliphatic rings. The molecule has 2 aliphatic carbocycles. The Bertz CT molecular complexity index is 392. The van der Waals surface area contributed by atoms with E-state index >= 15 is 0 Å². The topological polar surface area (TPSA) is 77.3 Å². The number of carbonyl (C=O) groups excluding carboxylic acids is 2. The van der Waals surface area contributed by atoms with Gasteiger partial charge >= 0.3 is 12.2 Å². The molecule has 0 radical (unpaired) electrons. The number of hydrogen-bond donors (Lipinski definition) is 0. The van der Waals surface area contributed by atoms with E-state index in [-0.39, 0.29) is 6.61 Å². The average Bonchev–Trinajstić information content (AvgIpc) is 2.96. The molecule has 0 spiro atoms. The second kappa shape index (κ2) is 5.75. The normalized spacial score (nSPS) is 28.8. The van der Waals surface area contributed by atoms with Gasteiger partial charge in [-0.2, -0.15) is 0 Å². The summed E-state index contributed by atoms with van der Waals surface area (Å²) < 4.78 is 9.46. The van der Waals surface area contributed by atoms with Crippen molar-refractivity contribution in [2.24, 2.45) is 28.0 Å². The van der Waals surface area contributed by atoms with E-state index in [2.05, 4.69) is 27.1 Å². The largest absolute Gasteiger partial charge is 0.452 e.